The highest BCUT2D eigenvalue weighted by Crippen LogP contribution is 2.23. The molecule has 20 heavy (non-hydrogen) atoms. The lowest BCUT2D eigenvalue weighted by atomic mass is 10.1. The number of rotatable bonds is 6. The van der Waals surface area contributed by atoms with Crippen LogP contribution in [0.3, 0.4) is 0 Å². The van der Waals surface area contributed by atoms with Gasteiger partial charge >= 0.3 is 0 Å². The first-order valence-corrected chi connectivity index (χ1v) is 7.40. The maximum absolute atomic E-state index is 12.3. The Kier molecular flexibility index (Phi) is 5.39. The molecule has 0 aliphatic carbocycles. The fourth-order valence-corrected chi connectivity index (χ4v) is 2.57. The van der Waals surface area contributed by atoms with E-state index in [1.807, 2.05) is 66.7 Å². The molecule has 2 aromatic carbocycles. The fourth-order valence-electron chi connectivity index (χ4n) is 1.77. The molecule has 0 bridgehead atoms. The number of carbonyl (C=O) groups is 1. The van der Waals surface area contributed by atoms with Crippen LogP contribution in [0.1, 0.15) is 15.9 Å². The summed E-state index contributed by atoms with van der Waals surface area (Å²) in [6.07, 6.45) is 5.31. The van der Waals surface area contributed by atoms with Gasteiger partial charge in [0.25, 0.3) is 0 Å². The highest BCUT2D eigenvalue weighted by molar-refractivity contribution is 7.99. The SMILES string of the molecule is C=CCSc1ccccc1C(=O)/C=C/c1ccccc1. The van der Waals surface area contributed by atoms with Gasteiger partial charge < -0.3 is 0 Å². The second-order valence-electron chi connectivity index (χ2n) is 4.20. The normalized spacial score (nSPS) is 10.6. The van der Waals surface area contributed by atoms with Crippen molar-refractivity contribution in [3.8, 4) is 0 Å². The first-order chi connectivity index (χ1) is 9.81. The average molecular weight is 280 g/mol. The summed E-state index contributed by atoms with van der Waals surface area (Å²) in [5, 5.41) is 0. The van der Waals surface area contributed by atoms with Crippen LogP contribution in [0.2, 0.25) is 0 Å². The smallest absolute Gasteiger partial charge is 0.186 e. The minimum absolute atomic E-state index is 0.0287. The zero-order valence-corrected chi connectivity index (χ0v) is 12.0. The maximum Gasteiger partial charge on any atom is 0.186 e. The van der Waals surface area contributed by atoms with E-state index in [1.54, 1.807) is 17.8 Å². The number of allylic oxidation sites excluding steroid dienone is 1. The molecule has 0 saturated heterocycles. The second-order valence-corrected chi connectivity index (χ2v) is 5.27. The molecule has 0 heterocycles. The lowest BCUT2D eigenvalue weighted by Gasteiger charge is -2.04. The molecule has 0 aliphatic heterocycles. The molecule has 0 saturated carbocycles. The van der Waals surface area contributed by atoms with Gasteiger partial charge in [0.2, 0.25) is 0 Å². The number of ketones is 1. The minimum Gasteiger partial charge on any atom is -0.289 e. The summed E-state index contributed by atoms with van der Waals surface area (Å²) in [5.41, 5.74) is 1.77. The van der Waals surface area contributed by atoms with Crippen molar-refractivity contribution in [3.63, 3.8) is 0 Å². The van der Waals surface area contributed by atoms with Crippen LogP contribution in [-0.2, 0) is 0 Å². The van der Waals surface area contributed by atoms with Crippen LogP contribution >= 0.6 is 11.8 Å². The van der Waals surface area contributed by atoms with E-state index >= 15 is 0 Å². The van der Waals surface area contributed by atoms with Gasteiger partial charge in [-0.1, -0.05) is 54.6 Å². The summed E-state index contributed by atoms with van der Waals surface area (Å²) in [5.74, 6) is 0.827. The van der Waals surface area contributed by atoms with Gasteiger partial charge in [-0.05, 0) is 23.8 Å². The second kappa shape index (κ2) is 7.51. The third-order valence-electron chi connectivity index (χ3n) is 2.74. The lowest BCUT2D eigenvalue weighted by molar-refractivity contribution is 0.104. The fraction of sp³-hybridized carbons (Fsp3) is 0.0556. The van der Waals surface area contributed by atoms with E-state index < -0.39 is 0 Å². The quantitative estimate of drug-likeness (QED) is 0.325. The van der Waals surface area contributed by atoms with Gasteiger partial charge in [0.1, 0.15) is 0 Å². The summed E-state index contributed by atoms with van der Waals surface area (Å²) >= 11 is 1.62. The first-order valence-electron chi connectivity index (χ1n) is 6.41. The van der Waals surface area contributed by atoms with Gasteiger partial charge in [0, 0.05) is 16.2 Å². The predicted molar refractivity (Wildman–Crippen MR) is 87.2 cm³/mol. The molecule has 0 amide bonds. The Balaban J connectivity index is 2.17. The van der Waals surface area contributed by atoms with Crippen LogP contribution in [0, 0.1) is 0 Å². The summed E-state index contributed by atoms with van der Waals surface area (Å²) < 4.78 is 0. The Labute approximate surface area is 124 Å². The molecule has 100 valence electrons. The van der Waals surface area contributed by atoms with Gasteiger partial charge in [0.15, 0.2) is 5.78 Å². The Morgan fingerprint density at radius 3 is 2.50 bits per heavy atom. The molecule has 2 aromatic rings. The summed E-state index contributed by atoms with van der Waals surface area (Å²) in [6, 6.07) is 17.5. The monoisotopic (exact) mass is 280 g/mol. The van der Waals surface area contributed by atoms with Gasteiger partial charge in [-0.15, -0.1) is 18.3 Å². The largest absolute Gasteiger partial charge is 0.289 e. The van der Waals surface area contributed by atoms with Crippen LogP contribution in [0.15, 0.2) is 78.2 Å². The molecule has 0 spiro atoms. The van der Waals surface area contributed by atoms with E-state index in [9.17, 15) is 4.79 Å². The van der Waals surface area contributed by atoms with E-state index in [0.717, 1.165) is 21.8 Å². The van der Waals surface area contributed by atoms with Gasteiger partial charge in [-0.2, -0.15) is 0 Å². The molecule has 0 unspecified atom stereocenters. The number of hydrogen-bond donors (Lipinski definition) is 0. The molecular weight excluding hydrogens is 264 g/mol. The average Bonchev–Trinajstić information content (AvgIpc) is 2.52. The molecule has 0 atom stereocenters. The van der Waals surface area contributed by atoms with Crippen LogP contribution in [0.4, 0.5) is 0 Å². The number of thioether (sulfide) groups is 1. The zero-order chi connectivity index (χ0) is 14.2. The predicted octanol–water partition coefficient (Wildman–Crippen LogP) is 4.86. The van der Waals surface area contributed by atoms with Crippen LogP contribution in [-0.4, -0.2) is 11.5 Å². The van der Waals surface area contributed by atoms with Crippen molar-refractivity contribution in [2.24, 2.45) is 0 Å². The van der Waals surface area contributed by atoms with E-state index in [4.69, 9.17) is 0 Å². The highest BCUT2D eigenvalue weighted by atomic mass is 32.2. The summed E-state index contributed by atoms with van der Waals surface area (Å²) in [6.45, 7) is 3.71. The summed E-state index contributed by atoms with van der Waals surface area (Å²) in [7, 11) is 0. The molecular formula is C18H16OS. The van der Waals surface area contributed by atoms with Crippen molar-refractivity contribution in [1.82, 2.24) is 0 Å². The first kappa shape index (κ1) is 14.4. The van der Waals surface area contributed by atoms with E-state index in [2.05, 4.69) is 6.58 Å². The molecule has 0 N–H and O–H groups in total. The molecule has 0 aliphatic rings. The molecule has 2 heteroatoms. The molecule has 0 fully saturated rings. The standard InChI is InChI=1S/C18H16OS/c1-2-14-20-18-11-7-6-10-16(18)17(19)13-12-15-8-4-3-5-9-15/h2-13H,1,14H2/b13-12+. The number of carbonyl (C=O) groups excluding carboxylic acids is 1. The Morgan fingerprint density at radius 1 is 1.05 bits per heavy atom. The molecule has 0 radical (unpaired) electrons. The number of benzene rings is 2. The summed E-state index contributed by atoms with van der Waals surface area (Å²) in [4.78, 5) is 13.3. The van der Waals surface area contributed by atoms with Crippen molar-refractivity contribution < 1.29 is 4.79 Å². The maximum atomic E-state index is 12.3. The Morgan fingerprint density at radius 2 is 1.75 bits per heavy atom. The van der Waals surface area contributed by atoms with Crippen molar-refractivity contribution in [1.29, 1.82) is 0 Å². The Hall–Kier alpha value is -2.06. The van der Waals surface area contributed by atoms with E-state index in [0.29, 0.717) is 0 Å². The zero-order valence-electron chi connectivity index (χ0n) is 11.2. The van der Waals surface area contributed by atoms with Crippen molar-refractivity contribution in [2.75, 3.05) is 5.75 Å². The molecule has 1 nitrogen and oxygen atoms in total. The van der Waals surface area contributed by atoms with Crippen LogP contribution in [0.25, 0.3) is 6.08 Å². The van der Waals surface area contributed by atoms with E-state index in [1.165, 1.54) is 0 Å². The van der Waals surface area contributed by atoms with Crippen molar-refractivity contribution in [3.05, 3.63) is 84.5 Å². The van der Waals surface area contributed by atoms with Gasteiger partial charge in [-0.25, -0.2) is 0 Å². The molecule has 0 aromatic heterocycles. The van der Waals surface area contributed by atoms with E-state index in [-0.39, 0.29) is 5.78 Å². The van der Waals surface area contributed by atoms with Crippen LogP contribution < -0.4 is 0 Å². The Bertz CT molecular complexity index is 614. The van der Waals surface area contributed by atoms with Crippen molar-refractivity contribution in [2.45, 2.75) is 4.90 Å². The van der Waals surface area contributed by atoms with Gasteiger partial charge in [0.05, 0.1) is 0 Å². The number of hydrogen-bond acceptors (Lipinski definition) is 2. The third kappa shape index (κ3) is 3.97. The lowest BCUT2D eigenvalue weighted by Crippen LogP contribution is -1.96. The topological polar surface area (TPSA) is 17.1 Å². The van der Waals surface area contributed by atoms with Gasteiger partial charge in [-0.3, -0.25) is 4.79 Å². The molecule has 2 rings (SSSR count). The van der Waals surface area contributed by atoms with Crippen molar-refractivity contribution >= 4 is 23.6 Å². The highest BCUT2D eigenvalue weighted by Gasteiger charge is 2.07. The van der Waals surface area contributed by atoms with Crippen LogP contribution in [0.5, 0.6) is 0 Å². The third-order valence-corrected chi connectivity index (χ3v) is 3.81. The minimum atomic E-state index is 0.0287.